The lowest BCUT2D eigenvalue weighted by atomic mass is 9.65. The highest BCUT2D eigenvalue weighted by molar-refractivity contribution is 6.20. The molecule has 2 aromatic rings. The summed E-state index contributed by atoms with van der Waals surface area (Å²) >= 11 is 0. The van der Waals surface area contributed by atoms with E-state index in [0.717, 1.165) is 31.0 Å². The number of amides is 1. The minimum absolute atomic E-state index is 0.166. The first-order valence-corrected chi connectivity index (χ1v) is 11.8. The molecule has 1 saturated heterocycles. The van der Waals surface area contributed by atoms with Gasteiger partial charge in [0, 0.05) is 18.3 Å². The second kappa shape index (κ2) is 8.39. The maximum absolute atomic E-state index is 14.0. The Labute approximate surface area is 201 Å². The number of benzene rings is 2. The maximum Gasteiger partial charge on any atom is 0.416 e. The van der Waals surface area contributed by atoms with E-state index in [0.29, 0.717) is 29.1 Å². The molecule has 2 aromatic carbocycles. The highest BCUT2D eigenvalue weighted by Gasteiger charge is 2.59. The fourth-order valence-corrected chi connectivity index (χ4v) is 5.68. The number of hydrazone groups is 1. The van der Waals surface area contributed by atoms with Crippen LogP contribution in [0.2, 0.25) is 0 Å². The molecule has 2 atom stereocenters. The molecule has 9 heteroatoms. The molecule has 2 unspecified atom stereocenters. The Hall–Kier alpha value is -3.36. The van der Waals surface area contributed by atoms with E-state index in [9.17, 15) is 22.8 Å². The van der Waals surface area contributed by atoms with Crippen LogP contribution in [0.25, 0.3) is 0 Å². The topological polar surface area (TPSA) is 62.2 Å². The lowest BCUT2D eigenvalue weighted by molar-refractivity contribution is -0.137. The summed E-state index contributed by atoms with van der Waals surface area (Å²) in [5, 5.41) is 5.93. The minimum Gasteiger partial charge on any atom is -0.462 e. The van der Waals surface area contributed by atoms with Gasteiger partial charge in [0.25, 0.3) is 5.91 Å². The molecule has 1 spiro atoms. The molecule has 3 aliphatic heterocycles. The van der Waals surface area contributed by atoms with Crippen molar-refractivity contribution in [2.45, 2.75) is 51.7 Å². The Balaban J connectivity index is 1.54. The fourth-order valence-electron chi connectivity index (χ4n) is 5.68. The van der Waals surface area contributed by atoms with E-state index in [4.69, 9.17) is 4.74 Å². The molecule has 0 bridgehead atoms. The predicted octanol–water partition coefficient (Wildman–Crippen LogP) is 5.21. The zero-order valence-corrected chi connectivity index (χ0v) is 19.6. The van der Waals surface area contributed by atoms with Crippen LogP contribution in [0.5, 0.6) is 0 Å². The fraction of sp³-hybridized carbons (Fsp3) is 0.423. The van der Waals surface area contributed by atoms with Gasteiger partial charge in [-0.3, -0.25) is 4.79 Å². The number of carbonyl (C=O) groups excluding carboxylic acids is 2. The lowest BCUT2D eigenvalue weighted by Gasteiger charge is -2.51. The SMILES string of the molecule is CCOC(=O)c1ccc(N2N=C(C)C3(Cc4cc(C(F)(F)F)ccc4N4CCCCC43)C2=O)cc1. The van der Waals surface area contributed by atoms with Crippen LogP contribution in [0, 0.1) is 5.41 Å². The Morgan fingerprint density at radius 2 is 1.91 bits per heavy atom. The quantitative estimate of drug-likeness (QED) is 0.561. The van der Waals surface area contributed by atoms with Crippen molar-refractivity contribution in [2.75, 3.05) is 23.1 Å². The third-order valence-electron chi connectivity index (χ3n) is 7.35. The summed E-state index contributed by atoms with van der Waals surface area (Å²) in [6, 6.07) is 10.1. The zero-order chi connectivity index (χ0) is 25.0. The third-order valence-corrected chi connectivity index (χ3v) is 7.35. The van der Waals surface area contributed by atoms with Gasteiger partial charge >= 0.3 is 12.1 Å². The van der Waals surface area contributed by atoms with Crippen molar-refractivity contribution in [1.82, 2.24) is 0 Å². The summed E-state index contributed by atoms with van der Waals surface area (Å²) in [7, 11) is 0. The van der Waals surface area contributed by atoms with Crippen molar-refractivity contribution in [1.29, 1.82) is 0 Å². The highest BCUT2D eigenvalue weighted by atomic mass is 19.4. The maximum atomic E-state index is 14.0. The van der Waals surface area contributed by atoms with Crippen LogP contribution in [0.4, 0.5) is 24.5 Å². The average Bonchev–Trinajstić information content (AvgIpc) is 3.09. The smallest absolute Gasteiger partial charge is 0.416 e. The van der Waals surface area contributed by atoms with Gasteiger partial charge < -0.3 is 9.64 Å². The predicted molar refractivity (Wildman–Crippen MR) is 126 cm³/mol. The Bertz CT molecular complexity index is 1210. The first-order chi connectivity index (χ1) is 16.7. The summed E-state index contributed by atoms with van der Waals surface area (Å²) in [5.74, 6) is -0.705. The van der Waals surface area contributed by atoms with Gasteiger partial charge in [0.15, 0.2) is 0 Å². The molecule has 0 N–H and O–H groups in total. The highest BCUT2D eigenvalue weighted by Crippen LogP contribution is 2.50. The number of rotatable bonds is 3. The van der Waals surface area contributed by atoms with E-state index in [1.165, 1.54) is 11.1 Å². The van der Waals surface area contributed by atoms with Crippen molar-refractivity contribution in [3.05, 3.63) is 59.2 Å². The van der Waals surface area contributed by atoms with E-state index in [2.05, 4.69) is 10.0 Å². The van der Waals surface area contributed by atoms with Gasteiger partial charge in [0.05, 0.1) is 29.1 Å². The number of hydrogen-bond acceptors (Lipinski definition) is 5. The van der Waals surface area contributed by atoms with Crippen LogP contribution in [0.15, 0.2) is 47.6 Å². The molecule has 0 aromatic heterocycles. The molecule has 0 saturated carbocycles. The van der Waals surface area contributed by atoms with Crippen LogP contribution < -0.4 is 9.91 Å². The van der Waals surface area contributed by atoms with Crippen molar-refractivity contribution in [2.24, 2.45) is 10.5 Å². The summed E-state index contributed by atoms with van der Waals surface area (Å²) in [5.41, 5.74) is 0.980. The first kappa shape index (κ1) is 23.4. The molecule has 0 aliphatic carbocycles. The summed E-state index contributed by atoms with van der Waals surface area (Å²) < 4.78 is 45.5. The number of esters is 1. The number of hydrogen-bond donors (Lipinski definition) is 0. The number of piperidine rings is 1. The van der Waals surface area contributed by atoms with E-state index in [-0.39, 0.29) is 25.0 Å². The van der Waals surface area contributed by atoms with E-state index < -0.39 is 23.1 Å². The molecular formula is C26H26F3N3O3. The molecule has 3 aliphatic rings. The van der Waals surface area contributed by atoms with Gasteiger partial charge in [0.2, 0.25) is 0 Å². The van der Waals surface area contributed by atoms with Crippen LogP contribution in [-0.4, -0.2) is 36.8 Å². The normalized spacial score (nSPS) is 23.7. The largest absolute Gasteiger partial charge is 0.462 e. The molecule has 1 amide bonds. The average molecular weight is 486 g/mol. The van der Waals surface area contributed by atoms with Gasteiger partial charge in [-0.05, 0) is 87.6 Å². The van der Waals surface area contributed by atoms with E-state index in [1.807, 2.05) is 0 Å². The molecule has 35 heavy (non-hydrogen) atoms. The molecule has 5 rings (SSSR count). The van der Waals surface area contributed by atoms with Gasteiger partial charge in [-0.1, -0.05) is 0 Å². The molecular weight excluding hydrogens is 459 g/mol. The second-order valence-electron chi connectivity index (χ2n) is 9.26. The van der Waals surface area contributed by atoms with Crippen molar-refractivity contribution < 1.29 is 27.5 Å². The summed E-state index contributed by atoms with van der Waals surface area (Å²) in [4.78, 5) is 28.1. The van der Waals surface area contributed by atoms with Crippen LogP contribution in [-0.2, 0) is 22.1 Å². The van der Waals surface area contributed by atoms with E-state index >= 15 is 0 Å². The summed E-state index contributed by atoms with van der Waals surface area (Å²) in [6.07, 6.45) is -1.69. The Morgan fingerprint density at radius 1 is 1.17 bits per heavy atom. The Morgan fingerprint density at radius 3 is 2.60 bits per heavy atom. The number of halogens is 3. The molecule has 184 valence electrons. The van der Waals surface area contributed by atoms with Crippen LogP contribution in [0.3, 0.4) is 0 Å². The van der Waals surface area contributed by atoms with Gasteiger partial charge in [-0.2, -0.15) is 23.3 Å². The number of anilines is 2. The number of fused-ring (bicyclic) bond motifs is 4. The van der Waals surface area contributed by atoms with Gasteiger partial charge in [0.1, 0.15) is 5.41 Å². The number of carbonyl (C=O) groups is 2. The Kier molecular flexibility index (Phi) is 5.61. The molecule has 6 nitrogen and oxygen atoms in total. The number of ether oxygens (including phenoxy) is 1. The first-order valence-electron chi connectivity index (χ1n) is 11.8. The minimum atomic E-state index is -4.46. The molecule has 1 fully saturated rings. The van der Waals surface area contributed by atoms with Crippen molar-refractivity contribution >= 4 is 29.0 Å². The monoisotopic (exact) mass is 485 g/mol. The van der Waals surface area contributed by atoms with Crippen molar-refractivity contribution in [3.8, 4) is 0 Å². The number of nitrogens with zero attached hydrogens (tertiary/aromatic N) is 3. The standard InChI is InChI=1S/C26H26F3N3O3/c1-3-35-23(33)17-7-10-20(11-8-17)32-24(34)25(16(2)30-32)15-18-14-19(26(27,28)29)9-12-21(18)31-13-5-4-6-22(25)31/h7-12,14,22H,3-6,13,15H2,1-2H3. The van der Waals surface area contributed by atoms with Gasteiger partial charge in [-0.25, -0.2) is 4.79 Å². The van der Waals surface area contributed by atoms with Crippen molar-refractivity contribution in [3.63, 3.8) is 0 Å². The zero-order valence-electron chi connectivity index (χ0n) is 19.6. The second-order valence-corrected chi connectivity index (χ2v) is 9.26. The summed E-state index contributed by atoms with van der Waals surface area (Å²) in [6.45, 7) is 4.45. The number of alkyl halides is 3. The van der Waals surface area contributed by atoms with Crippen LogP contribution >= 0.6 is 0 Å². The molecule has 0 radical (unpaired) electrons. The molecule has 3 heterocycles. The third kappa shape index (κ3) is 3.68. The van der Waals surface area contributed by atoms with E-state index in [1.54, 1.807) is 44.2 Å². The lowest BCUT2D eigenvalue weighted by Crippen LogP contribution is -2.61. The van der Waals surface area contributed by atoms with Gasteiger partial charge in [-0.15, -0.1) is 0 Å². The van der Waals surface area contributed by atoms with Crippen LogP contribution in [0.1, 0.15) is 54.6 Å².